The number of alkyl halides is 1. The molecule has 0 amide bonds. The van der Waals surface area contributed by atoms with Gasteiger partial charge in [-0.05, 0) is 39.8 Å². The Morgan fingerprint density at radius 1 is 1.24 bits per heavy atom. The minimum absolute atomic E-state index is 0.0630. The van der Waals surface area contributed by atoms with Gasteiger partial charge in [0, 0.05) is 12.3 Å². The van der Waals surface area contributed by atoms with Crippen molar-refractivity contribution in [1.82, 2.24) is 14.6 Å². The zero-order valence-corrected chi connectivity index (χ0v) is 22.0. The number of hydrogen-bond donors (Lipinski definition) is 4. The van der Waals surface area contributed by atoms with Gasteiger partial charge in [0.05, 0.1) is 18.1 Å². The molecule has 38 heavy (non-hydrogen) atoms. The van der Waals surface area contributed by atoms with Gasteiger partial charge in [0.15, 0.2) is 0 Å². The second-order valence-corrected chi connectivity index (χ2v) is 10.8. The Bertz CT molecular complexity index is 1270. The van der Waals surface area contributed by atoms with Gasteiger partial charge < -0.3 is 24.2 Å². The SMILES string of the molecule is CC(C)OC(=O)C(C)N[P@](=O)(OC[C@@]1(F)O[C@@H](n2ccc(=O)[nH]c2=O)C(C(C)O)[C@@H]1O)Oc1ccccc1. The molecule has 1 aromatic carbocycles. The van der Waals surface area contributed by atoms with E-state index in [1.807, 2.05) is 4.98 Å². The average Bonchev–Trinajstić information content (AvgIpc) is 3.09. The quantitative estimate of drug-likeness (QED) is 0.230. The van der Waals surface area contributed by atoms with Crippen molar-refractivity contribution >= 4 is 13.7 Å². The van der Waals surface area contributed by atoms with Crippen molar-refractivity contribution in [2.75, 3.05) is 6.61 Å². The molecule has 2 heterocycles. The van der Waals surface area contributed by atoms with Crippen molar-refractivity contribution in [3.8, 4) is 5.75 Å². The maximum absolute atomic E-state index is 16.0. The van der Waals surface area contributed by atoms with Gasteiger partial charge in [-0.15, -0.1) is 0 Å². The number of nitrogens with one attached hydrogen (secondary N) is 2. The normalized spacial score (nSPS) is 26.5. The monoisotopic (exact) mass is 559 g/mol. The molecule has 4 N–H and O–H groups in total. The van der Waals surface area contributed by atoms with E-state index in [1.165, 1.54) is 26.0 Å². The van der Waals surface area contributed by atoms with Crippen molar-refractivity contribution in [1.29, 1.82) is 0 Å². The van der Waals surface area contributed by atoms with Crippen LogP contribution in [0.2, 0.25) is 0 Å². The summed E-state index contributed by atoms with van der Waals surface area (Å²) in [6, 6.07) is 7.49. The molecule has 0 saturated carbocycles. The molecule has 0 bridgehead atoms. The van der Waals surface area contributed by atoms with Crippen LogP contribution in [0.25, 0.3) is 0 Å². The summed E-state index contributed by atoms with van der Waals surface area (Å²) < 4.78 is 51.6. The number of rotatable bonds is 11. The predicted molar refractivity (Wildman–Crippen MR) is 131 cm³/mol. The summed E-state index contributed by atoms with van der Waals surface area (Å²) in [6.45, 7) is 4.63. The Morgan fingerprint density at radius 2 is 1.89 bits per heavy atom. The summed E-state index contributed by atoms with van der Waals surface area (Å²) in [5.41, 5.74) is -1.69. The predicted octanol–water partition coefficient (Wildman–Crippen LogP) is 1.22. The number of carbonyl (C=O) groups is 1. The number of benzene rings is 1. The number of carbonyl (C=O) groups excluding carboxylic acids is 1. The Labute approximate surface area is 217 Å². The van der Waals surface area contributed by atoms with E-state index < -0.39 is 73.9 Å². The number of hydrogen-bond acceptors (Lipinski definition) is 10. The number of esters is 1. The molecule has 15 heteroatoms. The fourth-order valence-electron chi connectivity index (χ4n) is 3.79. The number of aliphatic hydroxyl groups excluding tert-OH is 2. The highest BCUT2D eigenvalue weighted by molar-refractivity contribution is 7.52. The molecule has 3 unspecified atom stereocenters. The number of aromatic amines is 1. The molecule has 1 fully saturated rings. The van der Waals surface area contributed by atoms with Gasteiger partial charge in [0.2, 0.25) is 0 Å². The third-order valence-corrected chi connectivity index (χ3v) is 7.22. The Kier molecular flexibility index (Phi) is 9.29. The molecule has 0 aliphatic carbocycles. The van der Waals surface area contributed by atoms with Crippen LogP contribution >= 0.6 is 7.75 Å². The molecule has 0 spiro atoms. The molecular formula is C23H31FN3O10P. The van der Waals surface area contributed by atoms with Gasteiger partial charge in [-0.1, -0.05) is 18.2 Å². The van der Waals surface area contributed by atoms with Crippen LogP contribution in [0.3, 0.4) is 0 Å². The van der Waals surface area contributed by atoms with Crippen LogP contribution < -0.4 is 20.9 Å². The summed E-state index contributed by atoms with van der Waals surface area (Å²) in [4.78, 5) is 38.0. The summed E-state index contributed by atoms with van der Waals surface area (Å²) in [5, 5.41) is 23.4. The highest BCUT2D eigenvalue weighted by atomic mass is 31.2. The van der Waals surface area contributed by atoms with E-state index in [2.05, 4.69) is 5.09 Å². The van der Waals surface area contributed by atoms with Crippen LogP contribution in [0, 0.1) is 5.92 Å². The van der Waals surface area contributed by atoms with Gasteiger partial charge >= 0.3 is 19.4 Å². The van der Waals surface area contributed by atoms with E-state index in [9.17, 15) is 29.2 Å². The smallest absolute Gasteiger partial charge is 0.459 e. The Balaban J connectivity index is 1.87. The molecule has 1 aliphatic heterocycles. The molecule has 210 valence electrons. The van der Waals surface area contributed by atoms with Crippen LogP contribution in [0.1, 0.15) is 33.9 Å². The van der Waals surface area contributed by atoms with Crippen LogP contribution in [-0.4, -0.2) is 62.5 Å². The van der Waals surface area contributed by atoms with Crippen molar-refractivity contribution in [3.05, 3.63) is 63.4 Å². The van der Waals surface area contributed by atoms with Crippen molar-refractivity contribution in [2.45, 2.75) is 64.1 Å². The third kappa shape index (κ3) is 6.95. The lowest BCUT2D eigenvalue weighted by Crippen LogP contribution is -2.44. The molecule has 1 aliphatic rings. The molecule has 1 saturated heterocycles. The fraction of sp³-hybridized carbons (Fsp3) is 0.522. The fourth-order valence-corrected chi connectivity index (χ4v) is 5.30. The number of nitrogens with zero attached hydrogens (tertiary/aromatic N) is 1. The minimum Gasteiger partial charge on any atom is -0.462 e. The Hall–Kier alpha value is -2.87. The molecular weight excluding hydrogens is 528 g/mol. The second-order valence-electron chi connectivity index (χ2n) is 9.09. The Morgan fingerprint density at radius 3 is 2.47 bits per heavy atom. The summed E-state index contributed by atoms with van der Waals surface area (Å²) in [5.74, 6) is -5.21. The lowest BCUT2D eigenvalue weighted by atomic mass is 9.93. The molecule has 2 aromatic rings. The van der Waals surface area contributed by atoms with Gasteiger partial charge in [0.1, 0.15) is 30.7 Å². The first-order valence-electron chi connectivity index (χ1n) is 11.8. The van der Waals surface area contributed by atoms with Crippen LogP contribution in [0.5, 0.6) is 5.75 Å². The van der Waals surface area contributed by atoms with Crippen LogP contribution in [0.15, 0.2) is 52.2 Å². The number of halogens is 1. The van der Waals surface area contributed by atoms with E-state index in [4.69, 9.17) is 18.5 Å². The molecule has 0 radical (unpaired) electrons. The lowest BCUT2D eigenvalue weighted by molar-refractivity contribution is -0.204. The van der Waals surface area contributed by atoms with Crippen LogP contribution in [-0.2, 0) is 23.4 Å². The topological polar surface area (TPSA) is 178 Å². The maximum Gasteiger partial charge on any atom is 0.459 e. The zero-order valence-electron chi connectivity index (χ0n) is 21.1. The van der Waals surface area contributed by atoms with Gasteiger partial charge in [0.25, 0.3) is 11.4 Å². The first-order chi connectivity index (χ1) is 17.7. The second kappa shape index (κ2) is 11.9. The maximum atomic E-state index is 16.0. The first kappa shape index (κ1) is 29.7. The summed E-state index contributed by atoms with van der Waals surface area (Å²) >= 11 is 0. The van der Waals surface area contributed by atoms with E-state index in [0.717, 1.165) is 16.8 Å². The van der Waals surface area contributed by atoms with Gasteiger partial charge in [-0.25, -0.2) is 13.8 Å². The number of ether oxygens (including phenoxy) is 2. The minimum atomic E-state index is -4.53. The number of para-hydroxylation sites is 1. The van der Waals surface area contributed by atoms with Crippen molar-refractivity contribution in [2.24, 2.45) is 5.92 Å². The highest BCUT2D eigenvalue weighted by Crippen LogP contribution is 2.49. The van der Waals surface area contributed by atoms with E-state index in [0.29, 0.717) is 0 Å². The molecule has 13 nitrogen and oxygen atoms in total. The highest BCUT2D eigenvalue weighted by Gasteiger charge is 2.59. The van der Waals surface area contributed by atoms with Gasteiger partial charge in [-0.2, -0.15) is 5.09 Å². The number of aromatic nitrogens is 2. The molecule has 7 atom stereocenters. The number of H-pyrrole nitrogens is 1. The van der Waals surface area contributed by atoms with Gasteiger partial charge in [-0.3, -0.25) is 23.7 Å². The first-order valence-corrected chi connectivity index (χ1v) is 13.3. The molecule has 3 rings (SSSR count). The zero-order chi connectivity index (χ0) is 28.3. The van der Waals surface area contributed by atoms with E-state index in [-0.39, 0.29) is 5.75 Å². The average molecular weight is 559 g/mol. The van der Waals surface area contributed by atoms with Crippen LogP contribution in [0.4, 0.5) is 4.39 Å². The number of aliphatic hydroxyl groups is 2. The third-order valence-electron chi connectivity index (χ3n) is 5.59. The summed E-state index contributed by atoms with van der Waals surface area (Å²) in [6.07, 6.45) is -4.47. The largest absolute Gasteiger partial charge is 0.462 e. The lowest BCUT2D eigenvalue weighted by Gasteiger charge is -2.28. The van der Waals surface area contributed by atoms with Crippen molar-refractivity contribution < 1.29 is 42.5 Å². The molecule has 1 aromatic heterocycles. The standard InChI is InChI=1S/C23H31FN3O10P/c1-13(2)35-21(31)14(3)26-38(33,37-16-8-6-5-7-9-16)34-12-23(24)19(30)18(15(4)28)20(36-23)27-11-10-17(29)25-22(27)32/h5-11,13-15,18-20,28,30H,12H2,1-4H3,(H,26,33)(H,25,29,32)/t14?,15?,18?,19-,20+,23+,38-/m0/s1. The van der Waals surface area contributed by atoms with Crippen molar-refractivity contribution in [3.63, 3.8) is 0 Å². The van der Waals surface area contributed by atoms with E-state index in [1.54, 1.807) is 32.0 Å². The van der Waals surface area contributed by atoms with E-state index >= 15 is 4.39 Å². The summed E-state index contributed by atoms with van der Waals surface area (Å²) in [7, 11) is -4.53.